The van der Waals surface area contributed by atoms with E-state index in [9.17, 15) is 9.59 Å². The van der Waals surface area contributed by atoms with E-state index in [4.69, 9.17) is 15.2 Å². The molecule has 0 bridgehead atoms. The summed E-state index contributed by atoms with van der Waals surface area (Å²) in [7, 11) is 4.57. The highest BCUT2D eigenvalue weighted by atomic mass is 16.5. The van der Waals surface area contributed by atoms with Crippen molar-refractivity contribution in [1.82, 2.24) is 4.90 Å². The molecule has 0 aliphatic carbocycles. The molecule has 98 valence electrons. The van der Waals surface area contributed by atoms with Crippen molar-refractivity contribution in [2.24, 2.45) is 5.73 Å². The monoisotopic (exact) mass is 252 g/mol. The maximum atomic E-state index is 11.4. The molecule has 2 amide bonds. The molecule has 0 saturated carbocycles. The predicted octanol–water partition coefficient (Wildman–Crippen LogP) is 0.148. The second-order valence-corrected chi connectivity index (χ2v) is 3.70. The minimum Gasteiger partial charge on any atom is -0.497 e. The number of hydrogen-bond acceptors (Lipinski definition) is 4. The van der Waals surface area contributed by atoms with Crippen molar-refractivity contribution in [2.45, 2.75) is 6.54 Å². The molecule has 0 aliphatic rings. The number of carbonyl (C=O) groups excluding carboxylic acids is 2. The van der Waals surface area contributed by atoms with Gasteiger partial charge in [0, 0.05) is 19.2 Å². The van der Waals surface area contributed by atoms with E-state index >= 15 is 0 Å². The van der Waals surface area contributed by atoms with Crippen LogP contribution in [0.4, 0.5) is 0 Å². The highest BCUT2D eigenvalue weighted by molar-refractivity contribution is 6.34. The first-order valence-corrected chi connectivity index (χ1v) is 5.25. The molecule has 0 radical (unpaired) electrons. The van der Waals surface area contributed by atoms with Crippen LogP contribution in [0, 0.1) is 0 Å². The molecule has 2 N–H and O–H groups in total. The molecule has 0 spiro atoms. The van der Waals surface area contributed by atoms with Gasteiger partial charge in [0.05, 0.1) is 14.2 Å². The number of primary amides is 1. The number of nitrogens with two attached hydrogens (primary N) is 1. The van der Waals surface area contributed by atoms with Gasteiger partial charge in [-0.1, -0.05) is 0 Å². The van der Waals surface area contributed by atoms with Crippen molar-refractivity contribution >= 4 is 11.8 Å². The number of methoxy groups -OCH3 is 2. The number of likely N-dealkylation sites (N-methyl/N-ethyl adjacent to an activating group) is 1. The molecule has 0 unspecified atom stereocenters. The summed E-state index contributed by atoms with van der Waals surface area (Å²) < 4.78 is 10.3. The number of carbonyl (C=O) groups is 2. The molecule has 1 aromatic rings. The largest absolute Gasteiger partial charge is 0.497 e. The second-order valence-electron chi connectivity index (χ2n) is 3.70. The fraction of sp³-hybridized carbons (Fsp3) is 0.333. The van der Waals surface area contributed by atoms with Gasteiger partial charge in [0.2, 0.25) is 0 Å². The normalized spacial score (nSPS) is 9.72. The molecule has 6 nitrogen and oxygen atoms in total. The fourth-order valence-corrected chi connectivity index (χ4v) is 1.52. The van der Waals surface area contributed by atoms with Crippen LogP contribution in [-0.2, 0) is 16.1 Å². The van der Waals surface area contributed by atoms with E-state index in [1.54, 1.807) is 25.3 Å². The van der Waals surface area contributed by atoms with Gasteiger partial charge in [0.1, 0.15) is 11.5 Å². The van der Waals surface area contributed by atoms with Gasteiger partial charge in [-0.2, -0.15) is 0 Å². The minimum absolute atomic E-state index is 0.210. The van der Waals surface area contributed by atoms with E-state index in [1.165, 1.54) is 19.1 Å². The first-order chi connectivity index (χ1) is 8.49. The molecule has 0 saturated heterocycles. The lowest BCUT2D eigenvalue weighted by atomic mass is 10.1. The van der Waals surface area contributed by atoms with Crippen molar-refractivity contribution in [3.63, 3.8) is 0 Å². The highest BCUT2D eigenvalue weighted by Crippen LogP contribution is 2.24. The Hall–Kier alpha value is -2.24. The van der Waals surface area contributed by atoms with E-state index < -0.39 is 11.8 Å². The van der Waals surface area contributed by atoms with Crippen LogP contribution in [0.25, 0.3) is 0 Å². The number of ether oxygens (including phenoxy) is 2. The average Bonchev–Trinajstić information content (AvgIpc) is 2.37. The lowest BCUT2D eigenvalue weighted by molar-refractivity contribution is -0.143. The molecule has 1 rings (SSSR count). The summed E-state index contributed by atoms with van der Waals surface area (Å²) in [6, 6.07) is 5.22. The Balaban J connectivity index is 2.94. The molecule has 18 heavy (non-hydrogen) atoms. The zero-order valence-electron chi connectivity index (χ0n) is 10.6. The van der Waals surface area contributed by atoms with Crippen molar-refractivity contribution in [3.05, 3.63) is 23.8 Å². The van der Waals surface area contributed by atoms with Crippen LogP contribution < -0.4 is 15.2 Å². The summed E-state index contributed by atoms with van der Waals surface area (Å²) in [5.74, 6) is -0.482. The van der Waals surface area contributed by atoms with E-state index in [0.29, 0.717) is 11.5 Å². The minimum atomic E-state index is -0.987. The van der Waals surface area contributed by atoms with Gasteiger partial charge in [0.15, 0.2) is 0 Å². The first kappa shape index (κ1) is 13.8. The van der Waals surface area contributed by atoms with Crippen LogP contribution in [0.1, 0.15) is 5.56 Å². The van der Waals surface area contributed by atoms with Gasteiger partial charge in [-0.15, -0.1) is 0 Å². The van der Waals surface area contributed by atoms with E-state index in [2.05, 4.69) is 0 Å². The van der Waals surface area contributed by atoms with Gasteiger partial charge in [-0.05, 0) is 18.2 Å². The van der Waals surface area contributed by atoms with Crippen LogP contribution >= 0.6 is 0 Å². The number of nitrogens with zero attached hydrogens (tertiary/aromatic N) is 1. The van der Waals surface area contributed by atoms with Crippen molar-refractivity contribution in [3.8, 4) is 11.5 Å². The fourth-order valence-electron chi connectivity index (χ4n) is 1.52. The summed E-state index contributed by atoms with van der Waals surface area (Å²) in [5.41, 5.74) is 5.66. The highest BCUT2D eigenvalue weighted by Gasteiger charge is 2.17. The Morgan fingerprint density at radius 1 is 1.28 bits per heavy atom. The third-order valence-corrected chi connectivity index (χ3v) is 2.45. The second kappa shape index (κ2) is 5.90. The van der Waals surface area contributed by atoms with Gasteiger partial charge in [0.25, 0.3) is 0 Å². The quantitative estimate of drug-likeness (QED) is 0.773. The summed E-state index contributed by atoms with van der Waals surface area (Å²) in [4.78, 5) is 23.4. The van der Waals surface area contributed by atoms with Gasteiger partial charge >= 0.3 is 11.8 Å². The first-order valence-electron chi connectivity index (χ1n) is 5.25. The molecular weight excluding hydrogens is 236 g/mol. The van der Waals surface area contributed by atoms with Gasteiger partial charge in [-0.25, -0.2) is 0 Å². The maximum Gasteiger partial charge on any atom is 0.311 e. The van der Waals surface area contributed by atoms with Crippen molar-refractivity contribution in [1.29, 1.82) is 0 Å². The standard InChI is InChI=1S/C12H16N2O4/c1-14(12(16)11(13)15)7-8-6-9(17-2)4-5-10(8)18-3/h4-6H,7H2,1-3H3,(H2,13,15). The lowest BCUT2D eigenvalue weighted by Gasteiger charge is -2.17. The van der Waals surface area contributed by atoms with E-state index in [-0.39, 0.29) is 6.54 Å². The van der Waals surface area contributed by atoms with Crippen LogP contribution in [-0.4, -0.2) is 38.0 Å². The summed E-state index contributed by atoms with van der Waals surface area (Å²) in [5, 5.41) is 0. The number of rotatable bonds is 4. The topological polar surface area (TPSA) is 81.9 Å². The Bertz CT molecular complexity index is 459. The SMILES string of the molecule is COc1ccc(OC)c(CN(C)C(=O)C(N)=O)c1. The van der Waals surface area contributed by atoms with Crippen LogP contribution in [0.2, 0.25) is 0 Å². The molecule has 6 heteroatoms. The summed E-state index contributed by atoms with van der Waals surface area (Å²) in [6.07, 6.45) is 0. The third-order valence-electron chi connectivity index (χ3n) is 2.45. The zero-order chi connectivity index (χ0) is 13.7. The van der Waals surface area contributed by atoms with Crippen LogP contribution in [0.3, 0.4) is 0 Å². The predicted molar refractivity (Wildman–Crippen MR) is 65.2 cm³/mol. The Kier molecular flexibility index (Phi) is 4.53. The van der Waals surface area contributed by atoms with E-state index in [1.807, 2.05) is 0 Å². The lowest BCUT2D eigenvalue weighted by Crippen LogP contribution is -2.37. The van der Waals surface area contributed by atoms with E-state index in [0.717, 1.165) is 5.56 Å². The van der Waals surface area contributed by atoms with Gasteiger partial charge in [-0.3, -0.25) is 9.59 Å². The number of hydrogen-bond donors (Lipinski definition) is 1. The Labute approximate surface area is 105 Å². The summed E-state index contributed by atoms with van der Waals surface area (Å²) in [6.45, 7) is 0.210. The third kappa shape index (κ3) is 3.13. The molecule has 0 aliphatic heterocycles. The number of benzene rings is 1. The molecule has 0 fully saturated rings. The number of amides is 2. The van der Waals surface area contributed by atoms with Crippen LogP contribution in [0.15, 0.2) is 18.2 Å². The van der Waals surface area contributed by atoms with Gasteiger partial charge < -0.3 is 20.1 Å². The average molecular weight is 252 g/mol. The molecular formula is C12H16N2O4. The van der Waals surface area contributed by atoms with Crippen molar-refractivity contribution < 1.29 is 19.1 Å². The Morgan fingerprint density at radius 3 is 2.44 bits per heavy atom. The van der Waals surface area contributed by atoms with Crippen LogP contribution in [0.5, 0.6) is 11.5 Å². The zero-order valence-corrected chi connectivity index (χ0v) is 10.6. The molecule has 0 atom stereocenters. The molecule has 0 aromatic heterocycles. The smallest absolute Gasteiger partial charge is 0.311 e. The Morgan fingerprint density at radius 2 is 1.94 bits per heavy atom. The maximum absolute atomic E-state index is 11.4. The summed E-state index contributed by atoms with van der Waals surface area (Å²) >= 11 is 0. The van der Waals surface area contributed by atoms with Crippen molar-refractivity contribution in [2.75, 3.05) is 21.3 Å². The molecule has 1 aromatic carbocycles. The molecule has 0 heterocycles.